The van der Waals surface area contributed by atoms with Crippen LogP contribution in [0.25, 0.3) is 0 Å². The monoisotopic (exact) mass is 294 g/mol. The Labute approximate surface area is 122 Å². The maximum absolute atomic E-state index is 13.7. The van der Waals surface area contributed by atoms with E-state index < -0.39 is 6.10 Å². The summed E-state index contributed by atoms with van der Waals surface area (Å²) >= 11 is 1.61. The lowest BCUT2D eigenvalue weighted by molar-refractivity contribution is 0.199. The van der Waals surface area contributed by atoms with Crippen LogP contribution in [-0.4, -0.2) is 17.1 Å². The van der Waals surface area contributed by atoms with E-state index in [-0.39, 0.29) is 5.82 Å². The van der Waals surface area contributed by atoms with E-state index in [2.05, 4.69) is 4.98 Å². The molecule has 1 heterocycles. The molecule has 2 aromatic rings. The van der Waals surface area contributed by atoms with Crippen LogP contribution in [0.1, 0.15) is 34.9 Å². The highest BCUT2D eigenvalue weighted by atomic mass is 32.1. The molecule has 0 aliphatic rings. The topological polar surface area (TPSA) is 36.4 Å². The predicted octanol–water partition coefficient (Wildman–Crippen LogP) is 3.59. The van der Waals surface area contributed by atoms with Crippen molar-refractivity contribution in [3.05, 3.63) is 45.2 Å². The summed E-state index contributed by atoms with van der Waals surface area (Å²) in [6.45, 7) is 5.98. The van der Waals surface area contributed by atoms with Crippen molar-refractivity contribution in [1.29, 1.82) is 0 Å². The minimum absolute atomic E-state index is 0.289. The van der Waals surface area contributed by atoms with E-state index in [1.54, 1.807) is 31.3 Å². The van der Waals surface area contributed by atoms with E-state index in [4.69, 9.17) is 0 Å². The SMILES string of the molecule is Cc1nc(CN(C)c2cc(C)c(F)cc2C(C)O)cs1. The van der Waals surface area contributed by atoms with Gasteiger partial charge in [0, 0.05) is 23.7 Å². The van der Waals surface area contributed by atoms with Gasteiger partial charge in [-0.1, -0.05) is 0 Å². The van der Waals surface area contributed by atoms with Crippen LogP contribution in [0.5, 0.6) is 0 Å². The highest BCUT2D eigenvalue weighted by Crippen LogP contribution is 2.29. The van der Waals surface area contributed by atoms with Crippen molar-refractivity contribution >= 4 is 17.0 Å². The van der Waals surface area contributed by atoms with Gasteiger partial charge in [-0.15, -0.1) is 11.3 Å². The zero-order valence-corrected chi connectivity index (χ0v) is 13.0. The number of aliphatic hydroxyl groups excluding tert-OH is 1. The van der Waals surface area contributed by atoms with E-state index in [0.717, 1.165) is 16.4 Å². The summed E-state index contributed by atoms with van der Waals surface area (Å²) in [5.74, 6) is -0.289. The average molecular weight is 294 g/mol. The third-order valence-corrected chi connectivity index (χ3v) is 4.06. The maximum Gasteiger partial charge on any atom is 0.126 e. The molecule has 1 aromatic carbocycles. The largest absolute Gasteiger partial charge is 0.389 e. The summed E-state index contributed by atoms with van der Waals surface area (Å²) in [4.78, 5) is 6.42. The molecule has 1 unspecified atom stereocenters. The van der Waals surface area contributed by atoms with Crippen molar-refractivity contribution in [2.24, 2.45) is 0 Å². The van der Waals surface area contributed by atoms with Crippen LogP contribution in [0.2, 0.25) is 0 Å². The number of benzene rings is 1. The fourth-order valence-electron chi connectivity index (χ4n) is 2.16. The molecule has 0 saturated carbocycles. The molecule has 0 spiro atoms. The maximum atomic E-state index is 13.7. The molecule has 108 valence electrons. The molecule has 20 heavy (non-hydrogen) atoms. The van der Waals surface area contributed by atoms with E-state index in [1.165, 1.54) is 6.07 Å². The Kier molecular flexibility index (Phi) is 4.40. The summed E-state index contributed by atoms with van der Waals surface area (Å²) < 4.78 is 13.7. The fraction of sp³-hybridized carbons (Fsp3) is 0.400. The molecular weight excluding hydrogens is 275 g/mol. The molecule has 0 bridgehead atoms. The molecule has 2 rings (SSSR count). The summed E-state index contributed by atoms with van der Waals surface area (Å²) in [5.41, 5.74) is 2.99. The minimum Gasteiger partial charge on any atom is -0.389 e. The van der Waals surface area contributed by atoms with Gasteiger partial charge in [0.2, 0.25) is 0 Å². The third-order valence-electron chi connectivity index (χ3n) is 3.24. The molecule has 0 aliphatic carbocycles. The molecular formula is C15H19FN2OS. The van der Waals surface area contributed by atoms with Crippen molar-refractivity contribution in [1.82, 2.24) is 4.98 Å². The number of halogens is 1. The normalized spacial score (nSPS) is 12.5. The van der Waals surface area contributed by atoms with Gasteiger partial charge < -0.3 is 10.0 Å². The van der Waals surface area contributed by atoms with Crippen molar-refractivity contribution < 1.29 is 9.50 Å². The van der Waals surface area contributed by atoms with E-state index in [9.17, 15) is 9.50 Å². The Bertz CT molecular complexity index is 610. The van der Waals surface area contributed by atoms with Gasteiger partial charge in [0.05, 0.1) is 23.4 Å². The van der Waals surface area contributed by atoms with Crippen LogP contribution in [0, 0.1) is 19.7 Å². The Hall–Kier alpha value is -1.46. The van der Waals surface area contributed by atoms with Crippen LogP contribution in [0.3, 0.4) is 0 Å². The standard InChI is InChI=1S/C15H19FN2OS/c1-9-5-15(13(10(2)19)6-14(9)16)18(4)7-12-8-20-11(3)17-12/h5-6,8,10,19H,7H2,1-4H3. The van der Waals surface area contributed by atoms with Crippen LogP contribution >= 0.6 is 11.3 Å². The third kappa shape index (κ3) is 3.16. The number of hydrogen-bond acceptors (Lipinski definition) is 4. The van der Waals surface area contributed by atoms with E-state index in [1.807, 2.05) is 24.3 Å². The first-order valence-corrected chi connectivity index (χ1v) is 7.36. The second-order valence-electron chi connectivity index (χ2n) is 5.05. The van der Waals surface area contributed by atoms with Gasteiger partial charge in [-0.25, -0.2) is 9.37 Å². The molecule has 0 radical (unpaired) electrons. The van der Waals surface area contributed by atoms with Crippen molar-refractivity contribution in [3.8, 4) is 0 Å². The Balaban J connectivity index is 2.33. The van der Waals surface area contributed by atoms with Gasteiger partial charge in [0.1, 0.15) is 5.82 Å². The molecule has 0 fully saturated rings. The second kappa shape index (κ2) is 5.89. The number of aryl methyl sites for hydroxylation is 2. The first-order valence-electron chi connectivity index (χ1n) is 6.48. The molecule has 3 nitrogen and oxygen atoms in total. The van der Waals surface area contributed by atoms with Gasteiger partial charge >= 0.3 is 0 Å². The first-order chi connectivity index (χ1) is 9.38. The van der Waals surface area contributed by atoms with E-state index >= 15 is 0 Å². The van der Waals surface area contributed by atoms with Gasteiger partial charge in [-0.2, -0.15) is 0 Å². The molecule has 0 saturated heterocycles. The second-order valence-corrected chi connectivity index (χ2v) is 6.11. The first kappa shape index (κ1) is 14.9. The molecule has 0 aliphatic heterocycles. The Morgan fingerprint density at radius 3 is 2.65 bits per heavy atom. The number of hydrogen-bond donors (Lipinski definition) is 1. The van der Waals surface area contributed by atoms with Gasteiger partial charge in [-0.3, -0.25) is 0 Å². The van der Waals surface area contributed by atoms with Gasteiger partial charge in [0.15, 0.2) is 0 Å². The quantitative estimate of drug-likeness (QED) is 0.936. The zero-order valence-electron chi connectivity index (χ0n) is 12.1. The Morgan fingerprint density at radius 2 is 2.10 bits per heavy atom. The molecule has 1 N–H and O–H groups in total. The minimum atomic E-state index is -0.709. The number of rotatable bonds is 4. The summed E-state index contributed by atoms with van der Waals surface area (Å²) in [7, 11) is 1.92. The molecule has 0 amide bonds. The number of thiazole rings is 1. The molecule has 5 heteroatoms. The van der Waals surface area contributed by atoms with E-state index in [0.29, 0.717) is 17.7 Å². The summed E-state index contributed by atoms with van der Waals surface area (Å²) in [6, 6.07) is 3.19. The zero-order chi connectivity index (χ0) is 14.9. The predicted molar refractivity (Wildman–Crippen MR) is 80.7 cm³/mol. The van der Waals surface area contributed by atoms with Crippen LogP contribution < -0.4 is 4.90 Å². The van der Waals surface area contributed by atoms with Crippen molar-refractivity contribution in [2.75, 3.05) is 11.9 Å². The average Bonchev–Trinajstić information content (AvgIpc) is 2.77. The number of anilines is 1. The highest BCUT2D eigenvalue weighted by Gasteiger charge is 2.15. The number of aromatic nitrogens is 1. The lowest BCUT2D eigenvalue weighted by Crippen LogP contribution is -2.19. The van der Waals surface area contributed by atoms with Crippen molar-refractivity contribution in [2.45, 2.75) is 33.4 Å². The number of nitrogens with zero attached hydrogens (tertiary/aromatic N) is 2. The molecule has 1 aromatic heterocycles. The fourth-order valence-corrected chi connectivity index (χ4v) is 2.76. The smallest absolute Gasteiger partial charge is 0.126 e. The van der Waals surface area contributed by atoms with Crippen LogP contribution in [0.15, 0.2) is 17.5 Å². The summed E-state index contributed by atoms with van der Waals surface area (Å²) in [6.07, 6.45) is -0.709. The Morgan fingerprint density at radius 1 is 1.40 bits per heavy atom. The summed E-state index contributed by atoms with van der Waals surface area (Å²) in [5, 5.41) is 12.9. The highest BCUT2D eigenvalue weighted by molar-refractivity contribution is 7.09. The number of aliphatic hydroxyl groups is 1. The lowest BCUT2D eigenvalue weighted by atomic mass is 10.0. The lowest BCUT2D eigenvalue weighted by Gasteiger charge is -2.23. The van der Waals surface area contributed by atoms with Gasteiger partial charge in [-0.05, 0) is 38.5 Å². The van der Waals surface area contributed by atoms with Crippen LogP contribution in [0.4, 0.5) is 10.1 Å². The van der Waals surface area contributed by atoms with Crippen molar-refractivity contribution in [3.63, 3.8) is 0 Å². The van der Waals surface area contributed by atoms with Crippen LogP contribution in [-0.2, 0) is 6.54 Å². The van der Waals surface area contributed by atoms with Gasteiger partial charge in [0.25, 0.3) is 0 Å². The molecule has 1 atom stereocenters.